The van der Waals surface area contributed by atoms with Gasteiger partial charge in [0.1, 0.15) is 12.5 Å². The Hall–Kier alpha value is -2.42. The van der Waals surface area contributed by atoms with Crippen LogP contribution in [-0.4, -0.2) is 52.4 Å². The smallest absolute Gasteiger partial charge is 0.340 e. The Morgan fingerprint density at radius 3 is 2.96 bits per heavy atom. The maximum Gasteiger partial charge on any atom is 0.350 e. The lowest BCUT2D eigenvalue weighted by Crippen LogP contribution is -2.50. The highest BCUT2D eigenvalue weighted by Gasteiger charge is 2.38. The van der Waals surface area contributed by atoms with E-state index in [-0.39, 0.29) is 6.67 Å². The number of benzene rings is 1. The SMILES string of the molecule is CC(Cn1ncc2ccccc21)C(=O)N1CN2CCCC2=NS1(=O)=O. The van der Waals surface area contributed by atoms with Crippen molar-refractivity contribution in [2.24, 2.45) is 10.3 Å². The lowest BCUT2D eigenvalue weighted by molar-refractivity contribution is -0.131. The number of amidine groups is 1. The zero-order valence-corrected chi connectivity index (χ0v) is 14.7. The van der Waals surface area contributed by atoms with Gasteiger partial charge in [-0.3, -0.25) is 9.48 Å². The number of nitrogens with zero attached hydrogens (tertiary/aromatic N) is 5. The Balaban J connectivity index is 1.56. The van der Waals surface area contributed by atoms with Crippen LogP contribution in [-0.2, 0) is 21.5 Å². The first-order chi connectivity index (χ1) is 12.0. The summed E-state index contributed by atoms with van der Waals surface area (Å²) in [5.74, 6) is -0.415. The minimum Gasteiger partial charge on any atom is -0.340 e. The second-order valence-corrected chi connectivity index (χ2v) is 7.99. The van der Waals surface area contributed by atoms with Crippen molar-refractivity contribution in [2.45, 2.75) is 26.3 Å². The number of rotatable bonds is 3. The van der Waals surface area contributed by atoms with Crippen molar-refractivity contribution in [3.05, 3.63) is 30.5 Å². The summed E-state index contributed by atoms with van der Waals surface area (Å²) in [6.07, 6.45) is 3.26. The molecule has 1 aromatic carbocycles. The molecule has 0 N–H and O–H groups in total. The molecule has 1 atom stereocenters. The minimum atomic E-state index is -3.94. The van der Waals surface area contributed by atoms with Crippen LogP contribution in [0.4, 0.5) is 0 Å². The van der Waals surface area contributed by atoms with Crippen LogP contribution in [0.25, 0.3) is 10.9 Å². The van der Waals surface area contributed by atoms with Crippen LogP contribution >= 0.6 is 0 Å². The van der Waals surface area contributed by atoms with Crippen molar-refractivity contribution in [3.8, 4) is 0 Å². The van der Waals surface area contributed by atoms with Gasteiger partial charge in [0.2, 0.25) is 5.91 Å². The molecule has 2 aliphatic heterocycles. The summed E-state index contributed by atoms with van der Waals surface area (Å²) >= 11 is 0. The highest BCUT2D eigenvalue weighted by Crippen LogP contribution is 2.23. The standard InChI is InChI=1S/C16H19N5O3S/c1-12(10-20-14-6-3-2-5-13(14)9-17-20)16(22)21-11-19-8-4-7-15(19)18-25(21,23)24/h2-3,5-6,9,12H,4,7-8,10-11H2,1H3. The van der Waals surface area contributed by atoms with Crippen molar-refractivity contribution in [1.29, 1.82) is 0 Å². The molecule has 25 heavy (non-hydrogen) atoms. The maximum atomic E-state index is 12.8. The van der Waals surface area contributed by atoms with Gasteiger partial charge in [-0.1, -0.05) is 25.1 Å². The summed E-state index contributed by atoms with van der Waals surface area (Å²) in [5, 5.41) is 5.30. The van der Waals surface area contributed by atoms with Crippen LogP contribution < -0.4 is 0 Å². The molecule has 3 heterocycles. The van der Waals surface area contributed by atoms with E-state index >= 15 is 0 Å². The summed E-state index contributed by atoms with van der Waals surface area (Å²) in [5.41, 5.74) is 0.920. The molecule has 0 bridgehead atoms. The molecule has 1 amide bonds. The van der Waals surface area contributed by atoms with Crippen molar-refractivity contribution < 1.29 is 13.2 Å². The van der Waals surface area contributed by atoms with E-state index in [0.717, 1.165) is 28.2 Å². The van der Waals surface area contributed by atoms with Crippen molar-refractivity contribution in [1.82, 2.24) is 19.0 Å². The van der Waals surface area contributed by atoms with Gasteiger partial charge in [-0.25, -0.2) is 4.31 Å². The Morgan fingerprint density at radius 1 is 1.32 bits per heavy atom. The number of fused-ring (bicyclic) bond motifs is 2. The summed E-state index contributed by atoms with van der Waals surface area (Å²) in [4.78, 5) is 14.6. The molecule has 0 aliphatic carbocycles. The summed E-state index contributed by atoms with van der Waals surface area (Å²) in [7, 11) is -3.94. The van der Waals surface area contributed by atoms with Gasteiger partial charge >= 0.3 is 10.2 Å². The molecule has 0 radical (unpaired) electrons. The van der Waals surface area contributed by atoms with E-state index in [1.807, 2.05) is 29.2 Å². The largest absolute Gasteiger partial charge is 0.350 e. The minimum absolute atomic E-state index is 0.0597. The first-order valence-electron chi connectivity index (χ1n) is 8.26. The second-order valence-electron chi connectivity index (χ2n) is 6.47. The lowest BCUT2D eigenvalue weighted by Gasteiger charge is -2.32. The third-order valence-corrected chi connectivity index (χ3v) is 5.95. The predicted molar refractivity (Wildman–Crippen MR) is 92.9 cm³/mol. The first-order valence-corrected chi connectivity index (χ1v) is 9.66. The van der Waals surface area contributed by atoms with Gasteiger partial charge in [0.05, 0.1) is 24.2 Å². The molecular weight excluding hydrogens is 342 g/mol. The quantitative estimate of drug-likeness (QED) is 0.820. The monoisotopic (exact) mass is 361 g/mol. The number of hydrogen-bond acceptors (Lipinski definition) is 5. The number of hydrogen-bond donors (Lipinski definition) is 0. The molecular formula is C16H19N5O3S. The summed E-state index contributed by atoms with van der Waals surface area (Å²) in [6.45, 7) is 2.83. The fourth-order valence-corrected chi connectivity index (χ4v) is 4.58. The van der Waals surface area contributed by atoms with Crippen molar-refractivity contribution in [2.75, 3.05) is 13.2 Å². The maximum absolute atomic E-state index is 12.8. The van der Waals surface area contributed by atoms with Crippen LogP contribution in [0.1, 0.15) is 19.8 Å². The highest BCUT2D eigenvalue weighted by molar-refractivity contribution is 7.88. The Morgan fingerprint density at radius 2 is 2.12 bits per heavy atom. The highest BCUT2D eigenvalue weighted by atomic mass is 32.2. The second kappa shape index (κ2) is 5.83. The molecule has 0 spiro atoms. The zero-order chi connectivity index (χ0) is 17.6. The van der Waals surface area contributed by atoms with Gasteiger partial charge in [0.25, 0.3) is 0 Å². The fourth-order valence-electron chi connectivity index (χ4n) is 3.32. The lowest BCUT2D eigenvalue weighted by atomic mass is 10.1. The van der Waals surface area contributed by atoms with E-state index in [9.17, 15) is 13.2 Å². The van der Waals surface area contributed by atoms with Gasteiger partial charge < -0.3 is 4.90 Å². The predicted octanol–water partition coefficient (Wildman–Crippen LogP) is 1.21. The molecule has 1 fully saturated rings. The van der Waals surface area contributed by atoms with E-state index in [0.29, 0.717) is 18.8 Å². The van der Waals surface area contributed by atoms with Gasteiger partial charge in [-0.15, -0.1) is 4.40 Å². The molecule has 2 aromatic rings. The van der Waals surface area contributed by atoms with Gasteiger partial charge in [0.15, 0.2) is 0 Å². The molecule has 1 aromatic heterocycles. The Bertz CT molecular complexity index is 965. The van der Waals surface area contributed by atoms with E-state index in [1.165, 1.54) is 0 Å². The van der Waals surface area contributed by atoms with Crippen molar-refractivity contribution >= 4 is 32.9 Å². The molecule has 0 saturated carbocycles. The average molecular weight is 361 g/mol. The zero-order valence-electron chi connectivity index (χ0n) is 13.9. The van der Waals surface area contributed by atoms with Gasteiger partial charge in [-0.05, 0) is 12.5 Å². The number of aromatic nitrogens is 2. The molecule has 1 saturated heterocycles. The van der Waals surface area contributed by atoms with Crippen LogP contribution in [0.3, 0.4) is 0 Å². The normalized spacial score (nSPS) is 20.4. The molecule has 4 rings (SSSR count). The molecule has 2 aliphatic rings. The first kappa shape index (κ1) is 16.1. The number of carbonyl (C=O) groups is 1. The Labute approximate surface area is 145 Å². The summed E-state index contributed by atoms with van der Waals surface area (Å²) in [6, 6.07) is 7.71. The Kier molecular flexibility index (Phi) is 3.75. The molecule has 132 valence electrons. The molecule has 1 unspecified atom stereocenters. The van der Waals surface area contributed by atoms with Gasteiger partial charge in [-0.2, -0.15) is 13.5 Å². The number of carbonyl (C=O) groups excluding carboxylic acids is 1. The van der Waals surface area contributed by atoms with Gasteiger partial charge in [0, 0.05) is 18.4 Å². The van der Waals surface area contributed by atoms with Crippen LogP contribution in [0, 0.1) is 5.92 Å². The van der Waals surface area contributed by atoms with E-state index in [4.69, 9.17) is 0 Å². The van der Waals surface area contributed by atoms with E-state index in [1.54, 1.807) is 17.8 Å². The van der Waals surface area contributed by atoms with Crippen LogP contribution in [0.5, 0.6) is 0 Å². The number of para-hydroxylation sites is 1. The molecule has 9 heteroatoms. The third kappa shape index (κ3) is 2.78. The van der Waals surface area contributed by atoms with E-state index in [2.05, 4.69) is 9.50 Å². The topological polar surface area (TPSA) is 87.9 Å². The molecule has 8 nitrogen and oxygen atoms in total. The van der Waals surface area contributed by atoms with E-state index < -0.39 is 22.0 Å². The van der Waals surface area contributed by atoms with Crippen LogP contribution in [0.15, 0.2) is 34.9 Å². The van der Waals surface area contributed by atoms with Crippen molar-refractivity contribution in [3.63, 3.8) is 0 Å². The fraction of sp³-hybridized carbons (Fsp3) is 0.438. The number of amides is 1. The third-order valence-electron chi connectivity index (χ3n) is 4.66. The summed E-state index contributed by atoms with van der Waals surface area (Å²) < 4.78 is 31.1. The van der Waals surface area contributed by atoms with Crippen LogP contribution in [0.2, 0.25) is 0 Å². The average Bonchev–Trinajstić information content (AvgIpc) is 3.19.